The van der Waals surface area contributed by atoms with E-state index in [0.717, 1.165) is 12.8 Å². The molecule has 0 aliphatic rings. The van der Waals surface area contributed by atoms with E-state index in [2.05, 4.69) is 13.8 Å². The third-order valence-corrected chi connectivity index (χ3v) is 3.30. The van der Waals surface area contributed by atoms with E-state index in [1.54, 1.807) is 0 Å². The van der Waals surface area contributed by atoms with Crippen LogP contribution >= 0.6 is 0 Å². The number of carbonyl (C=O) groups is 1. The summed E-state index contributed by atoms with van der Waals surface area (Å²) in [7, 11) is 0. The number of esters is 1. The molecule has 0 amide bonds. The summed E-state index contributed by atoms with van der Waals surface area (Å²) in [5.74, 6) is 0.424. The molecule has 18 heavy (non-hydrogen) atoms. The summed E-state index contributed by atoms with van der Waals surface area (Å²) in [5, 5.41) is 0. The van der Waals surface area contributed by atoms with Crippen LogP contribution in [-0.4, -0.2) is 25.8 Å². The average Bonchev–Trinajstić information content (AvgIpc) is 2.38. The molecule has 0 N–H and O–H groups in total. The van der Waals surface area contributed by atoms with Crippen LogP contribution in [-0.2, 0) is 14.3 Å². The molecule has 2 unspecified atom stereocenters. The molecule has 0 saturated carbocycles. The largest absolute Gasteiger partial charge is 0.466 e. The van der Waals surface area contributed by atoms with Crippen molar-refractivity contribution in [3.05, 3.63) is 0 Å². The van der Waals surface area contributed by atoms with Crippen molar-refractivity contribution >= 4 is 5.97 Å². The van der Waals surface area contributed by atoms with E-state index >= 15 is 0 Å². The minimum absolute atomic E-state index is 0.0910. The summed E-state index contributed by atoms with van der Waals surface area (Å²) in [6.45, 7) is 9.81. The maximum atomic E-state index is 11.9. The quantitative estimate of drug-likeness (QED) is 0.529. The van der Waals surface area contributed by atoms with Crippen LogP contribution in [0.25, 0.3) is 0 Å². The fourth-order valence-electron chi connectivity index (χ4n) is 2.14. The third kappa shape index (κ3) is 7.70. The summed E-state index contributed by atoms with van der Waals surface area (Å²) in [6.07, 6.45) is 5.68. The lowest BCUT2D eigenvalue weighted by Gasteiger charge is -2.21. The van der Waals surface area contributed by atoms with Crippen molar-refractivity contribution in [3.63, 3.8) is 0 Å². The highest BCUT2D eigenvalue weighted by Gasteiger charge is 2.23. The van der Waals surface area contributed by atoms with Crippen LogP contribution in [0.2, 0.25) is 0 Å². The molecule has 0 spiro atoms. The summed E-state index contributed by atoms with van der Waals surface area (Å²) >= 11 is 0. The maximum Gasteiger partial charge on any atom is 0.311 e. The molecule has 0 aromatic heterocycles. The maximum absolute atomic E-state index is 11.9. The van der Waals surface area contributed by atoms with Crippen molar-refractivity contribution in [1.29, 1.82) is 0 Å². The highest BCUT2D eigenvalue weighted by Crippen LogP contribution is 2.23. The molecule has 0 aromatic rings. The van der Waals surface area contributed by atoms with Gasteiger partial charge in [0.1, 0.15) is 0 Å². The van der Waals surface area contributed by atoms with Crippen LogP contribution in [0.1, 0.15) is 59.8 Å². The average molecular weight is 258 g/mol. The molecule has 0 aliphatic carbocycles. The topological polar surface area (TPSA) is 35.5 Å². The Morgan fingerprint density at radius 3 is 2.33 bits per heavy atom. The second-order valence-electron chi connectivity index (χ2n) is 4.76. The Hall–Kier alpha value is -0.570. The van der Waals surface area contributed by atoms with Crippen LogP contribution in [0.3, 0.4) is 0 Å². The molecular weight excluding hydrogens is 228 g/mol. The van der Waals surface area contributed by atoms with E-state index in [1.807, 2.05) is 13.8 Å². The molecule has 0 aliphatic heterocycles. The summed E-state index contributed by atoms with van der Waals surface area (Å²) in [4.78, 5) is 11.9. The molecule has 0 fully saturated rings. The highest BCUT2D eigenvalue weighted by molar-refractivity contribution is 5.72. The predicted molar refractivity (Wildman–Crippen MR) is 74.5 cm³/mol. The van der Waals surface area contributed by atoms with Crippen molar-refractivity contribution in [2.75, 3.05) is 19.8 Å². The Bertz CT molecular complexity index is 204. The van der Waals surface area contributed by atoms with E-state index < -0.39 is 0 Å². The molecule has 0 bridgehead atoms. The minimum atomic E-state index is -0.0964. The van der Waals surface area contributed by atoms with Crippen molar-refractivity contribution in [2.45, 2.75) is 59.8 Å². The monoisotopic (exact) mass is 258 g/mol. The van der Waals surface area contributed by atoms with Gasteiger partial charge in [0.15, 0.2) is 0 Å². The van der Waals surface area contributed by atoms with Gasteiger partial charge in [0.2, 0.25) is 0 Å². The van der Waals surface area contributed by atoms with Gasteiger partial charge in [-0.05, 0) is 26.2 Å². The van der Waals surface area contributed by atoms with Crippen LogP contribution in [0.5, 0.6) is 0 Å². The molecule has 0 aromatic carbocycles. The number of unbranched alkanes of at least 4 members (excludes halogenated alkanes) is 1. The van der Waals surface area contributed by atoms with Crippen molar-refractivity contribution < 1.29 is 14.3 Å². The second kappa shape index (κ2) is 11.5. The summed E-state index contributed by atoms with van der Waals surface area (Å²) in [6, 6.07) is 0. The first kappa shape index (κ1) is 17.4. The zero-order chi connectivity index (χ0) is 13.8. The fraction of sp³-hybridized carbons (Fsp3) is 0.933. The van der Waals surface area contributed by atoms with Gasteiger partial charge in [0.25, 0.3) is 0 Å². The van der Waals surface area contributed by atoms with Crippen LogP contribution < -0.4 is 0 Å². The van der Waals surface area contributed by atoms with E-state index in [-0.39, 0.29) is 11.9 Å². The normalized spacial score (nSPS) is 14.2. The standard InChI is InChI=1S/C15H30O3/c1-5-9-10-13(6-2)11-14(12-17-7-3)15(16)18-8-4/h13-14H,5-12H2,1-4H3. The third-order valence-electron chi connectivity index (χ3n) is 3.30. The van der Waals surface area contributed by atoms with Gasteiger partial charge >= 0.3 is 5.97 Å². The van der Waals surface area contributed by atoms with Gasteiger partial charge in [-0.2, -0.15) is 0 Å². The number of carbonyl (C=O) groups excluding carboxylic acids is 1. The molecular formula is C15H30O3. The molecule has 2 atom stereocenters. The highest BCUT2D eigenvalue weighted by atomic mass is 16.5. The first-order chi connectivity index (χ1) is 8.69. The Labute approximate surface area is 112 Å². The number of ether oxygens (including phenoxy) is 2. The molecule has 0 heterocycles. The van der Waals surface area contributed by atoms with E-state index in [9.17, 15) is 4.79 Å². The minimum Gasteiger partial charge on any atom is -0.466 e. The Kier molecular flexibility index (Phi) is 11.2. The van der Waals surface area contributed by atoms with Crippen molar-refractivity contribution in [3.8, 4) is 0 Å². The first-order valence-corrected chi connectivity index (χ1v) is 7.43. The Morgan fingerprint density at radius 2 is 1.83 bits per heavy atom. The van der Waals surface area contributed by atoms with Crippen LogP contribution in [0.15, 0.2) is 0 Å². The molecule has 0 rings (SSSR count). The molecule has 3 heteroatoms. The molecule has 108 valence electrons. The first-order valence-electron chi connectivity index (χ1n) is 7.43. The molecule has 3 nitrogen and oxygen atoms in total. The van der Waals surface area contributed by atoms with Crippen molar-refractivity contribution in [1.82, 2.24) is 0 Å². The second-order valence-corrected chi connectivity index (χ2v) is 4.76. The van der Waals surface area contributed by atoms with Gasteiger partial charge in [-0.25, -0.2) is 0 Å². The predicted octanol–water partition coefficient (Wildman–Crippen LogP) is 3.81. The summed E-state index contributed by atoms with van der Waals surface area (Å²) in [5.41, 5.74) is 0. The lowest BCUT2D eigenvalue weighted by atomic mass is 9.89. The van der Waals surface area contributed by atoms with Gasteiger partial charge in [-0.3, -0.25) is 4.79 Å². The smallest absolute Gasteiger partial charge is 0.311 e. The zero-order valence-corrected chi connectivity index (χ0v) is 12.5. The Morgan fingerprint density at radius 1 is 1.11 bits per heavy atom. The van der Waals surface area contributed by atoms with Gasteiger partial charge in [0.05, 0.1) is 19.1 Å². The van der Waals surface area contributed by atoms with Gasteiger partial charge in [-0.1, -0.05) is 39.5 Å². The van der Waals surface area contributed by atoms with E-state index in [1.165, 1.54) is 19.3 Å². The zero-order valence-electron chi connectivity index (χ0n) is 12.5. The molecule has 0 saturated heterocycles. The Balaban J connectivity index is 4.29. The fourth-order valence-corrected chi connectivity index (χ4v) is 2.14. The SMILES string of the molecule is CCCCC(CC)CC(COCC)C(=O)OCC. The summed E-state index contributed by atoms with van der Waals surface area (Å²) < 4.78 is 10.5. The lowest BCUT2D eigenvalue weighted by Crippen LogP contribution is -2.25. The van der Waals surface area contributed by atoms with E-state index in [4.69, 9.17) is 9.47 Å². The van der Waals surface area contributed by atoms with Crippen LogP contribution in [0.4, 0.5) is 0 Å². The number of hydrogen-bond acceptors (Lipinski definition) is 3. The van der Waals surface area contributed by atoms with Crippen LogP contribution in [0, 0.1) is 11.8 Å². The van der Waals surface area contributed by atoms with Gasteiger partial charge in [-0.15, -0.1) is 0 Å². The number of rotatable bonds is 11. The van der Waals surface area contributed by atoms with Gasteiger partial charge in [0, 0.05) is 6.61 Å². The lowest BCUT2D eigenvalue weighted by molar-refractivity contribution is -0.151. The van der Waals surface area contributed by atoms with E-state index in [0.29, 0.717) is 25.7 Å². The van der Waals surface area contributed by atoms with Crippen molar-refractivity contribution in [2.24, 2.45) is 11.8 Å². The molecule has 0 radical (unpaired) electrons. The number of hydrogen-bond donors (Lipinski definition) is 0. The van der Waals surface area contributed by atoms with Gasteiger partial charge < -0.3 is 9.47 Å².